The van der Waals surface area contributed by atoms with Gasteiger partial charge in [0.05, 0.1) is 24.5 Å². The Morgan fingerprint density at radius 3 is 2.48 bits per heavy atom. The van der Waals surface area contributed by atoms with Gasteiger partial charge in [-0.15, -0.1) is 0 Å². The molecule has 3 nitrogen and oxygen atoms in total. The van der Waals surface area contributed by atoms with Crippen LogP contribution in [-0.4, -0.2) is 16.7 Å². The van der Waals surface area contributed by atoms with Crippen molar-refractivity contribution in [2.45, 2.75) is 26.8 Å². The van der Waals surface area contributed by atoms with Crippen LogP contribution in [0.2, 0.25) is 0 Å². The predicted octanol–water partition coefficient (Wildman–Crippen LogP) is 3.90. The van der Waals surface area contributed by atoms with Crippen LogP contribution in [-0.2, 0) is 13.0 Å². The van der Waals surface area contributed by atoms with Gasteiger partial charge in [0.25, 0.3) is 0 Å². The Kier molecular flexibility index (Phi) is 3.65. The number of hydrogen-bond donors (Lipinski definition) is 0. The Morgan fingerprint density at radius 1 is 1.05 bits per heavy atom. The van der Waals surface area contributed by atoms with Gasteiger partial charge in [-0.05, 0) is 61.2 Å². The van der Waals surface area contributed by atoms with Crippen LogP contribution in [0.4, 0.5) is 0 Å². The maximum absolute atomic E-state index is 5.19. The Morgan fingerprint density at radius 2 is 1.76 bits per heavy atom. The van der Waals surface area contributed by atoms with Crippen LogP contribution in [0.15, 0.2) is 42.7 Å². The molecule has 0 radical (unpaired) electrons. The van der Waals surface area contributed by atoms with Crippen LogP contribution in [0.1, 0.15) is 16.7 Å². The zero-order chi connectivity index (χ0) is 14.8. The number of aryl methyl sites for hydroxylation is 4. The highest BCUT2D eigenvalue weighted by Gasteiger charge is 2.05. The molecule has 108 valence electrons. The molecule has 0 spiro atoms. The normalized spacial score (nSPS) is 11.0. The molecule has 1 aromatic heterocycles. The molecule has 3 aromatic rings. The Balaban J connectivity index is 1.80. The molecule has 1 heterocycles. The second-order valence-corrected chi connectivity index (χ2v) is 5.46. The number of rotatable bonds is 4. The van der Waals surface area contributed by atoms with Crippen molar-refractivity contribution in [2.24, 2.45) is 0 Å². The first-order valence-corrected chi connectivity index (χ1v) is 7.22. The summed E-state index contributed by atoms with van der Waals surface area (Å²) in [6.07, 6.45) is 2.93. The third kappa shape index (κ3) is 2.77. The Labute approximate surface area is 125 Å². The van der Waals surface area contributed by atoms with Crippen LogP contribution in [0.5, 0.6) is 5.75 Å². The van der Waals surface area contributed by atoms with Crippen molar-refractivity contribution in [1.29, 1.82) is 0 Å². The van der Waals surface area contributed by atoms with Crippen LogP contribution >= 0.6 is 0 Å². The molecule has 0 N–H and O–H groups in total. The van der Waals surface area contributed by atoms with Crippen molar-refractivity contribution in [3.63, 3.8) is 0 Å². The van der Waals surface area contributed by atoms with Gasteiger partial charge in [-0.1, -0.05) is 12.1 Å². The number of methoxy groups -OCH3 is 1. The molecule has 3 heteroatoms. The molecule has 0 saturated carbocycles. The second-order valence-electron chi connectivity index (χ2n) is 5.46. The molecular weight excluding hydrogens is 260 g/mol. The number of ether oxygens (including phenoxy) is 1. The third-order valence-electron chi connectivity index (χ3n) is 4.04. The van der Waals surface area contributed by atoms with Crippen LogP contribution in [0.3, 0.4) is 0 Å². The van der Waals surface area contributed by atoms with E-state index in [0.29, 0.717) is 0 Å². The van der Waals surface area contributed by atoms with Crippen molar-refractivity contribution < 1.29 is 4.74 Å². The minimum Gasteiger partial charge on any atom is -0.497 e. The summed E-state index contributed by atoms with van der Waals surface area (Å²) in [7, 11) is 1.69. The number of fused-ring (bicyclic) bond motifs is 1. The van der Waals surface area contributed by atoms with E-state index in [9.17, 15) is 0 Å². The van der Waals surface area contributed by atoms with Gasteiger partial charge in [-0.3, -0.25) is 0 Å². The van der Waals surface area contributed by atoms with Gasteiger partial charge >= 0.3 is 0 Å². The molecule has 0 unspecified atom stereocenters. The van der Waals surface area contributed by atoms with E-state index in [0.717, 1.165) is 24.2 Å². The van der Waals surface area contributed by atoms with Crippen LogP contribution < -0.4 is 4.74 Å². The minimum atomic E-state index is 0.901. The monoisotopic (exact) mass is 280 g/mol. The van der Waals surface area contributed by atoms with Gasteiger partial charge in [0, 0.05) is 6.54 Å². The van der Waals surface area contributed by atoms with E-state index in [2.05, 4.69) is 47.7 Å². The predicted molar refractivity (Wildman–Crippen MR) is 85.9 cm³/mol. The summed E-state index contributed by atoms with van der Waals surface area (Å²) in [6.45, 7) is 5.21. The summed E-state index contributed by atoms with van der Waals surface area (Å²) in [5.41, 5.74) is 6.21. The van der Waals surface area contributed by atoms with E-state index in [-0.39, 0.29) is 0 Å². The van der Waals surface area contributed by atoms with Gasteiger partial charge in [0.15, 0.2) is 0 Å². The van der Waals surface area contributed by atoms with Crippen molar-refractivity contribution in [3.05, 3.63) is 59.4 Å². The first kappa shape index (κ1) is 13.7. The molecule has 0 aliphatic heterocycles. The summed E-state index contributed by atoms with van der Waals surface area (Å²) in [5, 5.41) is 0. The molecule has 0 aliphatic carbocycles. The maximum Gasteiger partial charge on any atom is 0.118 e. The number of nitrogens with zero attached hydrogens (tertiary/aromatic N) is 2. The SMILES string of the molecule is COc1ccc(CCn2cnc3cc(C)c(C)cc32)cc1. The fourth-order valence-corrected chi connectivity index (χ4v) is 2.53. The molecule has 0 saturated heterocycles. The number of aromatic nitrogens is 2. The molecule has 0 atom stereocenters. The minimum absolute atomic E-state index is 0.901. The van der Waals surface area contributed by atoms with Crippen molar-refractivity contribution in [2.75, 3.05) is 7.11 Å². The van der Waals surface area contributed by atoms with Crippen LogP contribution in [0.25, 0.3) is 11.0 Å². The average Bonchev–Trinajstić information content (AvgIpc) is 2.88. The van der Waals surface area contributed by atoms with Crippen LogP contribution in [0, 0.1) is 13.8 Å². The van der Waals surface area contributed by atoms with E-state index in [1.54, 1.807) is 7.11 Å². The topological polar surface area (TPSA) is 27.1 Å². The molecule has 2 aromatic carbocycles. The molecule has 3 rings (SSSR count). The molecule has 0 bridgehead atoms. The van der Waals surface area contributed by atoms with Gasteiger partial charge in [-0.2, -0.15) is 0 Å². The smallest absolute Gasteiger partial charge is 0.118 e. The molecule has 21 heavy (non-hydrogen) atoms. The zero-order valence-corrected chi connectivity index (χ0v) is 12.8. The Bertz CT molecular complexity index is 757. The highest BCUT2D eigenvalue weighted by Crippen LogP contribution is 2.19. The first-order valence-electron chi connectivity index (χ1n) is 7.22. The standard InChI is InChI=1S/C18H20N2O/c1-13-10-17-18(11-14(13)2)20(12-19-17)9-8-15-4-6-16(21-3)7-5-15/h4-7,10-12H,8-9H2,1-3H3. The van der Waals surface area contributed by atoms with Crippen molar-refractivity contribution in [1.82, 2.24) is 9.55 Å². The number of benzene rings is 2. The number of hydrogen-bond acceptors (Lipinski definition) is 2. The van der Waals surface area contributed by atoms with E-state index >= 15 is 0 Å². The maximum atomic E-state index is 5.19. The fourth-order valence-electron chi connectivity index (χ4n) is 2.53. The zero-order valence-electron chi connectivity index (χ0n) is 12.8. The van der Waals surface area contributed by atoms with E-state index in [4.69, 9.17) is 4.74 Å². The summed E-state index contributed by atoms with van der Waals surface area (Å²) in [4.78, 5) is 4.50. The third-order valence-corrected chi connectivity index (χ3v) is 4.04. The quantitative estimate of drug-likeness (QED) is 0.724. The van der Waals surface area contributed by atoms with Crippen molar-refractivity contribution >= 4 is 11.0 Å². The Hall–Kier alpha value is -2.29. The highest BCUT2D eigenvalue weighted by atomic mass is 16.5. The largest absolute Gasteiger partial charge is 0.497 e. The van der Waals surface area contributed by atoms with E-state index < -0.39 is 0 Å². The summed E-state index contributed by atoms with van der Waals surface area (Å²) in [5.74, 6) is 0.901. The summed E-state index contributed by atoms with van der Waals surface area (Å²) >= 11 is 0. The fraction of sp³-hybridized carbons (Fsp3) is 0.278. The second kappa shape index (κ2) is 5.60. The summed E-state index contributed by atoms with van der Waals surface area (Å²) in [6, 6.07) is 12.6. The van der Waals surface area contributed by atoms with Gasteiger partial charge < -0.3 is 9.30 Å². The van der Waals surface area contributed by atoms with Crippen molar-refractivity contribution in [3.8, 4) is 5.75 Å². The van der Waals surface area contributed by atoms with E-state index in [1.807, 2.05) is 18.5 Å². The van der Waals surface area contributed by atoms with Gasteiger partial charge in [0.1, 0.15) is 5.75 Å². The molecular formula is C18H20N2O. The lowest BCUT2D eigenvalue weighted by molar-refractivity contribution is 0.414. The molecule has 0 fully saturated rings. The first-order chi connectivity index (χ1) is 10.2. The highest BCUT2D eigenvalue weighted by molar-refractivity contribution is 5.77. The summed E-state index contributed by atoms with van der Waals surface area (Å²) < 4.78 is 7.41. The van der Waals surface area contributed by atoms with Gasteiger partial charge in [-0.25, -0.2) is 4.98 Å². The lowest BCUT2D eigenvalue weighted by atomic mass is 10.1. The molecule has 0 amide bonds. The number of imidazole rings is 1. The van der Waals surface area contributed by atoms with E-state index in [1.165, 1.54) is 22.2 Å². The van der Waals surface area contributed by atoms with Gasteiger partial charge in [0.2, 0.25) is 0 Å². The molecule has 0 aliphatic rings. The lowest BCUT2D eigenvalue weighted by Crippen LogP contribution is -2.00. The average molecular weight is 280 g/mol. The lowest BCUT2D eigenvalue weighted by Gasteiger charge is -2.07.